The van der Waals surface area contributed by atoms with E-state index in [1.807, 2.05) is 6.92 Å². The van der Waals surface area contributed by atoms with Gasteiger partial charge < -0.3 is 15.4 Å². The second-order valence-corrected chi connectivity index (χ2v) is 7.65. The zero-order valence-electron chi connectivity index (χ0n) is 19.3. The molecule has 0 saturated heterocycles. The van der Waals surface area contributed by atoms with Gasteiger partial charge in [-0.2, -0.15) is 13.2 Å². The van der Waals surface area contributed by atoms with Crippen molar-refractivity contribution in [2.45, 2.75) is 19.5 Å². The lowest BCUT2D eigenvalue weighted by Crippen LogP contribution is -2.30. The Labute approximate surface area is 205 Å². The Morgan fingerprint density at radius 3 is 2.25 bits per heavy atom. The van der Waals surface area contributed by atoms with Crippen LogP contribution in [0.1, 0.15) is 34.8 Å². The highest BCUT2D eigenvalue weighted by molar-refractivity contribution is 6.15. The molecule has 0 heterocycles. The second-order valence-electron chi connectivity index (χ2n) is 7.65. The molecule has 0 atom stereocenters. The summed E-state index contributed by atoms with van der Waals surface area (Å²) in [5.74, 6) is -2.64. The highest BCUT2D eigenvalue weighted by Gasteiger charge is 2.39. The van der Waals surface area contributed by atoms with Gasteiger partial charge in [0.1, 0.15) is 5.75 Å². The molecule has 2 N–H and O–H groups in total. The molecule has 0 spiro atoms. The van der Waals surface area contributed by atoms with E-state index in [4.69, 9.17) is 4.74 Å². The first-order valence-electron chi connectivity index (χ1n) is 11.0. The van der Waals surface area contributed by atoms with Gasteiger partial charge in [0, 0.05) is 22.9 Å². The summed E-state index contributed by atoms with van der Waals surface area (Å²) in [4.78, 5) is 36.9. The fourth-order valence-corrected chi connectivity index (χ4v) is 3.11. The molecule has 0 radical (unpaired) electrons. The quantitative estimate of drug-likeness (QED) is 0.287. The van der Waals surface area contributed by atoms with Crippen LogP contribution < -0.4 is 15.4 Å². The summed E-state index contributed by atoms with van der Waals surface area (Å²) in [7, 11) is 0. The SMILES string of the molecule is CCCOc1ccc(/C=C/C(=O)Nc2ccc(NC(=O)C(F)(F)F)c(C(=O)c3ccccc3)c2)cc1. The Kier molecular flexibility index (Phi) is 8.61. The number of anilines is 2. The molecule has 0 aromatic heterocycles. The summed E-state index contributed by atoms with van der Waals surface area (Å²) in [5.41, 5.74) is 0.583. The largest absolute Gasteiger partial charge is 0.494 e. The number of ether oxygens (including phenoxy) is 1. The van der Waals surface area contributed by atoms with Crippen molar-refractivity contribution in [2.75, 3.05) is 17.2 Å². The van der Waals surface area contributed by atoms with Crippen molar-refractivity contribution in [3.05, 3.63) is 95.6 Å². The third-order valence-electron chi connectivity index (χ3n) is 4.85. The molecule has 3 rings (SSSR count). The molecule has 0 saturated carbocycles. The van der Waals surface area contributed by atoms with Gasteiger partial charge >= 0.3 is 12.1 Å². The lowest BCUT2D eigenvalue weighted by molar-refractivity contribution is -0.167. The van der Waals surface area contributed by atoms with Crippen molar-refractivity contribution in [3.63, 3.8) is 0 Å². The van der Waals surface area contributed by atoms with Gasteiger partial charge in [0.2, 0.25) is 5.91 Å². The van der Waals surface area contributed by atoms with E-state index in [2.05, 4.69) is 5.32 Å². The molecule has 0 bridgehead atoms. The zero-order valence-corrected chi connectivity index (χ0v) is 19.3. The van der Waals surface area contributed by atoms with E-state index in [0.29, 0.717) is 12.4 Å². The highest BCUT2D eigenvalue weighted by Crippen LogP contribution is 2.26. The van der Waals surface area contributed by atoms with Gasteiger partial charge in [-0.25, -0.2) is 0 Å². The van der Waals surface area contributed by atoms with Crippen LogP contribution in [0, 0.1) is 0 Å². The van der Waals surface area contributed by atoms with Gasteiger partial charge in [-0.05, 0) is 48.4 Å². The van der Waals surface area contributed by atoms with Crippen LogP contribution in [0.15, 0.2) is 78.9 Å². The molecule has 0 fully saturated rings. The standard InChI is InChI=1S/C27H23F3N2O4/c1-2-16-36-21-12-8-18(9-13-21)10-15-24(33)31-20-11-14-23(32-26(35)27(28,29)30)22(17-20)25(34)19-6-4-3-5-7-19/h3-15,17H,2,16H2,1H3,(H,31,33)(H,32,35)/b15-10+. The van der Waals surface area contributed by atoms with Gasteiger partial charge in [-0.3, -0.25) is 14.4 Å². The number of amides is 2. The number of ketones is 1. The number of benzene rings is 3. The third kappa shape index (κ3) is 7.30. The molecule has 0 aliphatic carbocycles. The number of nitrogens with one attached hydrogen (secondary N) is 2. The van der Waals surface area contributed by atoms with Crippen LogP contribution in [0.3, 0.4) is 0 Å². The van der Waals surface area contributed by atoms with E-state index in [0.717, 1.165) is 18.1 Å². The minimum absolute atomic E-state index is 0.164. The fourth-order valence-electron chi connectivity index (χ4n) is 3.11. The highest BCUT2D eigenvalue weighted by atomic mass is 19.4. The summed E-state index contributed by atoms with van der Waals surface area (Å²) in [6.45, 7) is 2.60. The molecular weight excluding hydrogens is 473 g/mol. The summed E-state index contributed by atoms with van der Waals surface area (Å²) in [6.07, 6.45) is -1.39. The first-order valence-corrected chi connectivity index (χ1v) is 11.0. The number of hydrogen-bond acceptors (Lipinski definition) is 4. The summed E-state index contributed by atoms with van der Waals surface area (Å²) in [5, 5.41) is 4.30. The Balaban J connectivity index is 1.79. The number of carbonyl (C=O) groups excluding carboxylic acids is 3. The predicted octanol–water partition coefficient (Wildman–Crippen LogP) is 5.86. The van der Waals surface area contributed by atoms with Crippen LogP contribution >= 0.6 is 0 Å². The molecule has 3 aromatic carbocycles. The number of alkyl halides is 3. The van der Waals surface area contributed by atoms with Crippen molar-refractivity contribution in [1.29, 1.82) is 0 Å². The van der Waals surface area contributed by atoms with Crippen LogP contribution in [0.25, 0.3) is 6.08 Å². The minimum Gasteiger partial charge on any atom is -0.494 e. The van der Waals surface area contributed by atoms with Crippen LogP contribution in [0.4, 0.5) is 24.5 Å². The third-order valence-corrected chi connectivity index (χ3v) is 4.85. The van der Waals surface area contributed by atoms with E-state index < -0.39 is 23.8 Å². The first kappa shape index (κ1) is 26.2. The average molecular weight is 496 g/mol. The Morgan fingerprint density at radius 1 is 0.917 bits per heavy atom. The molecule has 6 nitrogen and oxygen atoms in total. The van der Waals surface area contributed by atoms with Crippen molar-refractivity contribution in [1.82, 2.24) is 0 Å². The Morgan fingerprint density at radius 2 is 1.61 bits per heavy atom. The monoisotopic (exact) mass is 496 g/mol. The number of rotatable bonds is 9. The molecule has 2 amide bonds. The Bertz CT molecular complexity index is 1250. The lowest BCUT2D eigenvalue weighted by atomic mass is 10.0. The molecule has 3 aromatic rings. The van der Waals surface area contributed by atoms with Crippen molar-refractivity contribution in [3.8, 4) is 5.75 Å². The smallest absolute Gasteiger partial charge is 0.471 e. The topological polar surface area (TPSA) is 84.5 Å². The van der Waals surface area contributed by atoms with E-state index in [1.165, 1.54) is 30.3 Å². The molecule has 0 aliphatic heterocycles. The lowest BCUT2D eigenvalue weighted by Gasteiger charge is -2.14. The van der Waals surface area contributed by atoms with Gasteiger partial charge in [0.05, 0.1) is 12.3 Å². The number of halogens is 3. The zero-order chi connectivity index (χ0) is 26.1. The maximum atomic E-state index is 13.0. The van der Waals surface area contributed by atoms with Crippen LogP contribution in [-0.2, 0) is 9.59 Å². The van der Waals surface area contributed by atoms with E-state index >= 15 is 0 Å². The van der Waals surface area contributed by atoms with Gasteiger partial charge in [-0.1, -0.05) is 49.4 Å². The van der Waals surface area contributed by atoms with Gasteiger partial charge in [-0.15, -0.1) is 0 Å². The van der Waals surface area contributed by atoms with E-state index in [9.17, 15) is 27.6 Å². The van der Waals surface area contributed by atoms with E-state index in [-0.39, 0.29) is 22.5 Å². The average Bonchev–Trinajstić information content (AvgIpc) is 2.87. The van der Waals surface area contributed by atoms with Crippen LogP contribution in [-0.4, -0.2) is 30.4 Å². The predicted molar refractivity (Wildman–Crippen MR) is 131 cm³/mol. The first-order chi connectivity index (χ1) is 17.2. The maximum Gasteiger partial charge on any atom is 0.471 e. The number of carbonyl (C=O) groups is 3. The van der Waals surface area contributed by atoms with Crippen molar-refractivity contribution < 1.29 is 32.3 Å². The summed E-state index contributed by atoms with van der Waals surface area (Å²) in [6, 6.07) is 18.6. The summed E-state index contributed by atoms with van der Waals surface area (Å²) >= 11 is 0. The Hall–Kier alpha value is -4.40. The molecule has 0 aliphatic rings. The van der Waals surface area contributed by atoms with Crippen LogP contribution in [0.2, 0.25) is 0 Å². The molecule has 0 unspecified atom stereocenters. The summed E-state index contributed by atoms with van der Waals surface area (Å²) < 4.78 is 43.8. The van der Waals surface area contributed by atoms with Gasteiger partial charge in [0.15, 0.2) is 5.78 Å². The van der Waals surface area contributed by atoms with Crippen molar-refractivity contribution in [2.24, 2.45) is 0 Å². The van der Waals surface area contributed by atoms with E-state index in [1.54, 1.807) is 53.9 Å². The maximum absolute atomic E-state index is 13.0. The van der Waals surface area contributed by atoms with Crippen LogP contribution in [0.5, 0.6) is 5.75 Å². The molecule has 9 heteroatoms. The molecular formula is C27H23F3N2O4. The normalized spacial score (nSPS) is 11.2. The minimum atomic E-state index is -5.13. The van der Waals surface area contributed by atoms with Crippen molar-refractivity contribution >= 4 is 35.0 Å². The fraction of sp³-hybridized carbons (Fsp3) is 0.148. The molecule has 36 heavy (non-hydrogen) atoms. The van der Waals surface area contributed by atoms with Gasteiger partial charge in [0.25, 0.3) is 0 Å². The number of hydrogen-bond donors (Lipinski definition) is 2. The molecule has 186 valence electrons. The second kappa shape index (κ2) is 11.8.